The zero-order valence-electron chi connectivity index (χ0n) is 12.5. The van der Waals surface area contributed by atoms with Crippen LogP contribution in [0.2, 0.25) is 0 Å². The number of methoxy groups -OCH3 is 1. The van der Waals surface area contributed by atoms with Crippen LogP contribution >= 0.6 is 27.7 Å². The fraction of sp³-hybridized carbons (Fsp3) is 0.294. The van der Waals surface area contributed by atoms with Gasteiger partial charge in [0.2, 0.25) is 0 Å². The molecule has 1 atom stereocenters. The van der Waals surface area contributed by atoms with Crippen LogP contribution in [0.15, 0.2) is 51.8 Å². The molecular weight excluding hydrogens is 346 g/mol. The molecule has 0 spiro atoms. The van der Waals surface area contributed by atoms with E-state index in [0.717, 1.165) is 16.0 Å². The molecule has 2 rings (SSSR count). The van der Waals surface area contributed by atoms with Crippen molar-refractivity contribution in [3.63, 3.8) is 0 Å². The maximum Gasteiger partial charge on any atom is 0.123 e. The van der Waals surface area contributed by atoms with E-state index in [0.29, 0.717) is 0 Å². The van der Waals surface area contributed by atoms with Gasteiger partial charge in [0.05, 0.1) is 7.11 Å². The van der Waals surface area contributed by atoms with Crippen molar-refractivity contribution in [1.82, 2.24) is 5.32 Å². The lowest BCUT2D eigenvalue weighted by atomic mass is 10.0. The number of aryl methyl sites for hydroxylation is 1. The maximum atomic E-state index is 5.50. The molecule has 4 heteroatoms. The second-order valence-electron chi connectivity index (χ2n) is 4.83. The number of ether oxygens (including phenoxy) is 1. The van der Waals surface area contributed by atoms with E-state index in [2.05, 4.69) is 58.5 Å². The zero-order chi connectivity index (χ0) is 15.2. The highest BCUT2D eigenvalue weighted by atomic mass is 79.9. The van der Waals surface area contributed by atoms with Crippen LogP contribution in [0.1, 0.15) is 17.2 Å². The molecule has 1 N–H and O–H groups in total. The van der Waals surface area contributed by atoms with Gasteiger partial charge in [-0.25, -0.2) is 0 Å². The fourth-order valence-electron chi connectivity index (χ4n) is 2.19. The Hall–Kier alpha value is -0.970. The number of nitrogens with one attached hydrogen (secondary N) is 1. The van der Waals surface area contributed by atoms with Crippen LogP contribution in [0.4, 0.5) is 0 Å². The molecule has 0 bridgehead atoms. The van der Waals surface area contributed by atoms with Gasteiger partial charge >= 0.3 is 0 Å². The fourth-order valence-corrected chi connectivity index (χ4v) is 3.89. The maximum absolute atomic E-state index is 5.50. The van der Waals surface area contributed by atoms with Gasteiger partial charge in [-0.3, -0.25) is 0 Å². The molecule has 21 heavy (non-hydrogen) atoms. The Morgan fingerprint density at radius 3 is 2.67 bits per heavy atom. The van der Waals surface area contributed by atoms with Crippen molar-refractivity contribution in [3.05, 3.63) is 58.1 Å². The molecule has 0 aliphatic heterocycles. The lowest BCUT2D eigenvalue weighted by molar-refractivity contribution is 0.404. The topological polar surface area (TPSA) is 21.3 Å². The van der Waals surface area contributed by atoms with Crippen molar-refractivity contribution in [2.24, 2.45) is 0 Å². The van der Waals surface area contributed by atoms with Crippen LogP contribution in [0.5, 0.6) is 5.75 Å². The molecule has 0 amide bonds. The number of rotatable bonds is 6. The number of benzene rings is 2. The van der Waals surface area contributed by atoms with E-state index < -0.39 is 0 Å². The third-order valence-electron chi connectivity index (χ3n) is 3.35. The van der Waals surface area contributed by atoms with Crippen molar-refractivity contribution in [2.45, 2.75) is 17.9 Å². The highest BCUT2D eigenvalue weighted by Crippen LogP contribution is 2.33. The van der Waals surface area contributed by atoms with E-state index in [4.69, 9.17) is 4.74 Å². The molecule has 0 aliphatic rings. The van der Waals surface area contributed by atoms with Crippen LogP contribution in [-0.4, -0.2) is 19.9 Å². The van der Waals surface area contributed by atoms with Crippen molar-refractivity contribution in [1.29, 1.82) is 0 Å². The summed E-state index contributed by atoms with van der Waals surface area (Å²) in [6.07, 6.45) is 0. The molecule has 0 aliphatic carbocycles. The van der Waals surface area contributed by atoms with Crippen molar-refractivity contribution in [3.8, 4) is 5.75 Å². The van der Waals surface area contributed by atoms with E-state index in [1.54, 1.807) is 7.11 Å². The first kappa shape index (κ1) is 16.4. The van der Waals surface area contributed by atoms with Gasteiger partial charge in [0.25, 0.3) is 0 Å². The second-order valence-corrected chi connectivity index (χ2v) is 6.74. The summed E-state index contributed by atoms with van der Waals surface area (Å²) in [5.74, 6) is 1.88. The van der Waals surface area contributed by atoms with Crippen LogP contribution in [-0.2, 0) is 0 Å². The van der Waals surface area contributed by atoms with Crippen molar-refractivity contribution < 1.29 is 4.74 Å². The van der Waals surface area contributed by atoms with Gasteiger partial charge in [0.15, 0.2) is 0 Å². The molecule has 2 nitrogen and oxygen atoms in total. The Balaban J connectivity index is 2.17. The largest absolute Gasteiger partial charge is 0.496 e. The average Bonchev–Trinajstić information content (AvgIpc) is 2.50. The summed E-state index contributed by atoms with van der Waals surface area (Å²) in [6, 6.07) is 14.9. The summed E-state index contributed by atoms with van der Waals surface area (Å²) < 4.78 is 6.64. The van der Waals surface area contributed by atoms with E-state index in [9.17, 15) is 0 Å². The average molecular weight is 366 g/mol. The van der Waals surface area contributed by atoms with Gasteiger partial charge in [0.1, 0.15) is 5.75 Å². The van der Waals surface area contributed by atoms with Crippen LogP contribution in [0.25, 0.3) is 0 Å². The first-order valence-corrected chi connectivity index (χ1v) is 8.62. The van der Waals surface area contributed by atoms with Crippen molar-refractivity contribution >= 4 is 27.7 Å². The van der Waals surface area contributed by atoms with Crippen LogP contribution < -0.4 is 10.1 Å². The summed E-state index contributed by atoms with van der Waals surface area (Å²) in [7, 11) is 3.72. The summed E-state index contributed by atoms with van der Waals surface area (Å²) in [4.78, 5) is 1.25. The number of hydrogen-bond donors (Lipinski definition) is 1. The van der Waals surface area contributed by atoms with Gasteiger partial charge in [-0.2, -0.15) is 0 Å². The summed E-state index contributed by atoms with van der Waals surface area (Å²) in [5, 5.41) is 3.39. The molecule has 2 aromatic carbocycles. The molecule has 0 saturated carbocycles. The molecule has 0 aromatic heterocycles. The summed E-state index contributed by atoms with van der Waals surface area (Å²) in [6.45, 7) is 2.11. The van der Waals surface area contributed by atoms with Gasteiger partial charge < -0.3 is 10.1 Å². The van der Waals surface area contributed by atoms with Crippen molar-refractivity contribution in [2.75, 3.05) is 19.9 Å². The minimum Gasteiger partial charge on any atom is -0.496 e. The minimum absolute atomic E-state index is 0.247. The monoisotopic (exact) mass is 365 g/mol. The van der Waals surface area contributed by atoms with E-state index in [1.807, 2.05) is 30.9 Å². The van der Waals surface area contributed by atoms with Crippen LogP contribution in [0, 0.1) is 6.92 Å². The first-order chi connectivity index (χ1) is 10.2. The zero-order valence-corrected chi connectivity index (χ0v) is 14.9. The Kier molecular flexibility index (Phi) is 6.15. The van der Waals surface area contributed by atoms with Gasteiger partial charge in [-0.15, -0.1) is 11.8 Å². The Morgan fingerprint density at radius 1 is 1.24 bits per heavy atom. The quantitative estimate of drug-likeness (QED) is 0.741. The SMILES string of the molecule is CNC(CSc1ccccc1Br)c1cc(C)ccc1OC. The molecule has 0 heterocycles. The minimum atomic E-state index is 0.247. The molecule has 0 fully saturated rings. The van der Waals surface area contributed by atoms with Gasteiger partial charge in [-0.1, -0.05) is 29.8 Å². The summed E-state index contributed by atoms with van der Waals surface area (Å²) in [5.41, 5.74) is 2.46. The molecular formula is C17H20BrNOS. The molecule has 0 radical (unpaired) electrons. The highest BCUT2D eigenvalue weighted by Gasteiger charge is 2.15. The molecule has 1 unspecified atom stereocenters. The van der Waals surface area contributed by atoms with E-state index >= 15 is 0 Å². The smallest absolute Gasteiger partial charge is 0.123 e. The lowest BCUT2D eigenvalue weighted by Gasteiger charge is -2.20. The Bertz CT molecular complexity index is 603. The normalized spacial score (nSPS) is 12.2. The summed E-state index contributed by atoms with van der Waals surface area (Å²) >= 11 is 5.43. The first-order valence-electron chi connectivity index (χ1n) is 6.85. The third-order valence-corrected chi connectivity index (χ3v) is 5.47. The van der Waals surface area contributed by atoms with E-state index in [-0.39, 0.29) is 6.04 Å². The van der Waals surface area contributed by atoms with Gasteiger partial charge in [-0.05, 0) is 48.1 Å². The number of thioether (sulfide) groups is 1. The Morgan fingerprint density at radius 2 is 2.00 bits per heavy atom. The second kappa shape index (κ2) is 7.87. The standard InChI is InChI=1S/C17H20BrNOS/c1-12-8-9-16(20-3)13(10-12)15(19-2)11-21-17-7-5-4-6-14(17)18/h4-10,15,19H,11H2,1-3H3. The van der Waals surface area contributed by atoms with Crippen LogP contribution in [0.3, 0.4) is 0 Å². The van der Waals surface area contributed by atoms with Gasteiger partial charge in [0, 0.05) is 26.7 Å². The number of hydrogen-bond acceptors (Lipinski definition) is 3. The predicted molar refractivity (Wildman–Crippen MR) is 94.4 cm³/mol. The highest BCUT2D eigenvalue weighted by molar-refractivity contribution is 9.10. The lowest BCUT2D eigenvalue weighted by Crippen LogP contribution is -2.19. The molecule has 0 saturated heterocycles. The third kappa shape index (κ3) is 4.25. The molecule has 2 aromatic rings. The Labute approximate surface area is 139 Å². The molecule has 112 valence electrons. The number of halogens is 1. The predicted octanol–water partition coefficient (Wildman–Crippen LogP) is 4.82. The van der Waals surface area contributed by atoms with E-state index in [1.165, 1.54) is 16.0 Å².